The normalized spacial score (nSPS) is 15.2. The number of aromatic nitrogens is 1. The summed E-state index contributed by atoms with van der Waals surface area (Å²) in [5.41, 5.74) is 2.48. The molecule has 1 aliphatic heterocycles. The second kappa shape index (κ2) is 13.4. The summed E-state index contributed by atoms with van der Waals surface area (Å²) in [6.07, 6.45) is 10.6. The van der Waals surface area contributed by atoms with E-state index >= 15 is 0 Å². The van der Waals surface area contributed by atoms with E-state index in [1.165, 1.54) is 57.0 Å². The first kappa shape index (κ1) is 27.6. The van der Waals surface area contributed by atoms with Gasteiger partial charge in [-0.3, -0.25) is 9.36 Å². The number of carbonyl (C=O) groups excluding carboxylic acids is 1. The third kappa shape index (κ3) is 6.51. The van der Waals surface area contributed by atoms with Crippen LogP contribution in [-0.2, 0) is 9.53 Å². The van der Waals surface area contributed by atoms with E-state index in [9.17, 15) is 9.59 Å². The van der Waals surface area contributed by atoms with Crippen molar-refractivity contribution in [1.29, 1.82) is 0 Å². The average Bonchev–Trinajstić information content (AvgIpc) is 3.24. The monoisotopic (exact) mass is 532 g/mol. The van der Waals surface area contributed by atoms with Crippen molar-refractivity contribution in [1.82, 2.24) is 4.57 Å². The summed E-state index contributed by atoms with van der Waals surface area (Å²) in [6.45, 7) is 4.73. The molecule has 1 aliphatic rings. The molecular weight excluding hydrogens is 496 g/mol. The molecule has 38 heavy (non-hydrogen) atoms. The Balaban J connectivity index is 1.52. The van der Waals surface area contributed by atoms with Gasteiger partial charge in [0.05, 0.1) is 35.6 Å². The fourth-order valence-corrected chi connectivity index (χ4v) is 5.75. The second-order valence-corrected chi connectivity index (χ2v) is 10.5. The largest absolute Gasteiger partial charge is 0.494 e. The first-order chi connectivity index (χ1) is 18.5. The highest BCUT2D eigenvalue weighted by molar-refractivity contribution is 7.07. The molecule has 0 saturated heterocycles. The topological polar surface area (TPSA) is 69.9 Å². The smallest absolute Gasteiger partial charge is 0.338 e. The van der Waals surface area contributed by atoms with Crippen LogP contribution in [0.4, 0.5) is 0 Å². The minimum absolute atomic E-state index is 0.184. The molecule has 2 heterocycles. The highest BCUT2D eigenvalue weighted by Crippen LogP contribution is 2.30. The zero-order valence-electron chi connectivity index (χ0n) is 22.4. The second-order valence-electron chi connectivity index (χ2n) is 9.52. The van der Waals surface area contributed by atoms with E-state index in [0.29, 0.717) is 27.2 Å². The van der Waals surface area contributed by atoms with Gasteiger partial charge < -0.3 is 9.47 Å². The number of nitrogens with zero attached hydrogens (tertiary/aromatic N) is 2. The molecule has 0 radical (unpaired) electrons. The van der Waals surface area contributed by atoms with Crippen molar-refractivity contribution < 1.29 is 14.3 Å². The number of ether oxygens (including phenoxy) is 2. The van der Waals surface area contributed by atoms with Crippen molar-refractivity contribution >= 4 is 23.4 Å². The predicted molar refractivity (Wildman–Crippen MR) is 152 cm³/mol. The van der Waals surface area contributed by atoms with E-state index in [-0.39, 0.29) is 5.56 Å². The number of allylic oxidation sites excluding steroid dienone is 1. The van der Waals surface area contributed by atoms with Crippen molar-refractivity contribution in [3.05, 3.63) is 96.7 Å². The summed E-state index contributed by atoms with van der Waals surface area (Å²) < 4.78 is 13.1. The van der Waals surface area contributed by atoms with Crippen LogP contribution in [0, 0.1) is 0 Å². The molecule has 4 rings (SSSR count). The van der Waals surface area contributed by atoms with E-state index in [1.54, 1.807) is 11.5 Å². The molecule has 0 saturated carbocycles. The summed E-state index contributed by atoms with van der Waals surface area (Å²) >= 11 is 1.32. The van der Waals surface area contributed by atoms with Gasteiger partial charge in [0.1, 0.15) is 5.75 Å². The number of unbranched alkanes of at least 4 members (excludes halogenated alkanes) is 6. The molecule has 0 N–H and O–H groups in total. The maximum Gasteiger partial charge on any atom is 0.338 e. The summed E-state index contributed by atoms with van der Waals surface area (Å²) in [5.74, 6) is 0.346. The third-order valence-corrected chi connectivity index (χ3v) is 7.72. The number of benzene rings is 2. The van der Waals surface area contributed by atoms with Gasteiger partial charge in [-0.2, -0.15) is 0 Å². The van der Waals surface area contributed by atoms with Crippen molar-refractivity contribution in [2.45, 2.75) is 64.8 Å². The Bertz CT molecular complexity index is 1440. The molecule has 1 aromatic heterocycles. The van der Waals surface area contributed by atoms with Crippen LogP contribution in [0.3, 0.4) is 0 Å². The summed E-state index contributed by atoms with van der Waals surface area (Å²) in [6, 6.07) is 16.7. The fourth-order valence-electron chi connectivity index (χ4n) is 4.70. The number of carbonyl (C=O) groups is 1. The summed E-state index contributed by atoms with van der Waals surface area (Å²) in [5, 5.41) is 0. The molecule has 0 unspecified atom stereocenters. The molecule has 6 nitrogen and oxygen atoms in total. The molecule has 7 heteroatoms. The summed E-state index contributed by atoms with van der Waals surface area (Å²) in [7, 11) is 1.35. The highest BCUT2D eigenvalue weighted by atomic mass is 32.1. The molecule has 0 fully saturated rings. The lowest BCUT2D eigenvalue weighted by Crippen LogP contribution is -2.39. The van der Waals surface area contributed by atoms with Gasteiger partial charge in [-0.25, -0.2) is 9.79 Å². The average molecular weight is 533 g/mol. The molecule has 3 aromatic rings. The van der Waals surface area contributed by atoms with Gasteiger partial charge in [-0.1, -0.05) is 99.3 Å². The minimum Gasteiger partial charge on any atom is -0.494 e. The van der Waals surface area contributed by atoms with Crippen molar-refractivity contribution in [3.63, 3.8) is 0 Å². The number of thiazole rings is 1. The number of esters is 1. The van der Waals surface area contributed by atoms with E-state index in [1.807, 2.05) is 60.7 Å². The van der Waals surface area contributed by atoms with Crippen LogP contribution in [0.15, 0.2) is 75.7 Å². The number of rotatable bonds is 12. The molecular formula is C31H36N2O4S. The maximum atomic E-state index is 13.6. The lowest BCUT2D eigenvalue weighted by atomic mass is 9.96. The maximum absolute atomic E-state index is 13.6. The van der Waals surface area contributed by atoms with Crippen LogP contribution < -0.4 is 19.6 Å². The van der Waals surface area contributed by atoms with Crippen LogP contribution in [0.2, 0.25) is 0 Å². The number of methoxy groups -OCH3 is 1. The molecule has 0 amide bonds. The van der Waals surface area contributed by atoms with E-state index < -0.39 is 12.0 Å². The number of fused-ring (bicyclic) bond motifs is 1. The van der Waals surface area contributed by atoms with E-state index in [4.69, 9.17) is 9.47 Å². The van der Waals surface area contributed by atoms with Crippen molar-refractivity contribution in [2.24, 2.45) is 4.99 Å². The van der Waals surface area contributed by atoms with Crippen molar-refractivity contribution in [3.8, 4) is 5.75 Å². The van der Waals surface area contributed by atoms with Crippen molar-refractivity contribution in [2.75, 3.05) is 13.7 Å². The Morgan fingerprint density at radius 2 is 1.68 bits per heavy atom. The lowest BCUT2D eigenvalue weighted by Gasteiger charge is -2.24. The van der Waals surface area contributed by atoms with Gasteiger partial charge in [0.2, 0.25) is 0 Å². The quantitative estimate of drug-likeness (QED) is 0.227. The van der Waals surface area contributed by atoms with Gasteiger partial charge in [0.15, 0.2) is 4.80 Å². The first-order valence-corrected chi connectivity index (χ1v) is 14.2. The van der Waals surface area contributed by atoms with Crippen LogP contribution in [-0.4, -0.2) is 24.3 Å². The number of hydrogen-bond acceptors (Lipinski definition) is 6. The van der Waals surface area contributed by atoms with Gasteiger partial charge in [0, 0.05) is 0 Å². The Morgan fingerprint density at radius 1 is 1.00 bits per heavy atom. The molecule has 1 atom stereocenters. The third-order valence-electron chi connectivity index (χ3n) is 6.74. The fraction of sp³-hybridized carbons (Fsp3) is 0.387. The van der Waals surface area contributed by atoms with Crippen LogP contribution in [0.5, 0.6) is 5.75 Å². The van der Waals surface area contributed by atoms with Crippen LogP contribution in [0.1, 0.15) is 76.0 Å². The Kier molecular flexibility index (Phi) is 9.71. The Hall–Kier alpha value is -3.45. The van der Waals surface area contributed by atoms with E-state index in [0.717, 1.165) is 23.3 Å². The first-order valence-electron chi connectivity index (χ1n) is 13.4. The summed E-state index contributed by atoms with van der Waals surface area (Å²) in [4.78, 5) is 31.5. The minimum atomic E-state index is -0.593. The Morgan fingerprint density at radius 3 is 2.37 bits per heavy atom. The standard InChI is InChI=1S/C31H36N2O4S/c1-4-5-6-7-8-9-13-20-37-25-18-16-23(17-19-25)21-26-29(34)33-28(24-14-11-10-12-15-24)27(30(35)36-3)22(2)32-31(33)38-26/h10-12,14-19,21,28H,4-9,13,20H2,1-3H3/b26-21+/t28-/m0/s1. The van der Waals surface area contributed by atoms with Crippen LogP contribution in [0.25, 0.3) is 6.08 Å². The predicted octanol–water partition coefficient (Wildman–Crippen LogP) is 5.54. The zero-order valence-corrected chi connectivity index (χ0v) is 23.3. The molecule has 0 spiro atoms. The molecule has 0 aliphatic carbocycles. The zero-order chi connectivity index (χ0) is 26.9. The van der Waals surface area contributed by atoms with E-state index in [2.05, 4.69) is 11.9 Å². The van der Waals surface area contributed by atoms with Gasteiger partial charge >= 0.3 is 5.97 Å². The molecule has 2 aromatic carbocycles. The Labute approximate surface area is 228 Å². The number of hydrogen-bond donors (Lipinski definition) is 0. The lowest BCUT2D eigenvalue weighted by molar-refractivity contribution is -0.136. The van der Waals surface area contributed by atoms with Crippen LogP contribution >= 0.6 is 11.3 Å². The van der Waals surface area contributed by atoms with Gasteiger partial charge in [0.25, 0.3) is 5.56 Å². The molecule has 0 bridgehead atoms. The highest BCUT2D eigenvalue weighted by Gasteiger charge is 2.32. The van der Waals surface area contributed by atoms with Gasteiger partial charge in [-0.05, 0) is 42.7 Å². The van der Waals surface area contributed by atoms with Gasteiger partial charge in [-0.15, -0.1) is 0 Å². The SMILES string of the molecule is CCCCCCCCCOc1ccc(/C=c2/sc3n(c2=O)[C@@H](c2ccccc2)C(C(=O)OC)=C(C)N=3)cc1. The molecule has 200 valence electrons.